The van der Waals surface area contributed by atoms with Gasteiger partial charge in [0.15, 0.2) is 9.84 Å². The average Bonchev–Trinajstić information content (AvgIpc) is 2.24. The molecule has 1 heterocycles. The average molecular weight is 268 g/mol. The first-order valence-electron chi connectivity index (χ1n) is 5.77. The summed E-state index contributed by atoms with van der Waals surface area (Å²) in [6.07, 6.45) is 0.520. The molecule has 0 aromatic heterocycles. The van der Waals surface area contributed by atoms with Crippen LogP contribution in [0.5, 0.6) is 0 Å². The van der Waals surface area contributed by atoms with E-state index in [4.69, 9.17) is 5.11 Å². The molecule has 0 atom stereocenters. The van der Waals surface area contributed by atoms with Crippen LogP contribution >= 0.6 is 0 Å². The van der Waals surface area contributed by atoms with Gasteiger partial charge >= 0.3 is 5.97 Å². The molecule has 0 saturated carbocycles. The number of aromatic carboxylic acids is 1. The largest absolute Gasteiger partial charge is 0.478 e. The molecule has 1 aromatic carbocycles. The van der Waals surface area contributed by atoms with Gasteiger partial charge in [0.05, 0.1) is 16.2 Å². The summed E-state index contributed by atoms with van der Waals surface area (Å²) in [7, 11) is -3.27. The molecule has 0 fully saturated rings. The van der Waals surface area contributed by atoms with Crippen LogP contribution in [0.3, 0.4) is 0 Å². The molecule has 0 spiro atoms. The van der Waals surface area contributed by atoms with Crippen molar-refractivity contribution in [2.75, 3.05) is 5.75 Å². The van der Waals surface area contributed by atoms with Gasteiger partial charge in [-0.3, -0.25) is 0 Å². The van der Waals surface area contributed by atoms with Crippen molar-refractivity contribution in [2.24, 2.45) is 0 Å². The molecule has 18 heavy (non-hydrogen) atoms. The van der Waals surface area contributed by atoms with Crippen molar-refractivity contribution in [1.29, 1.82) is 0 Å². The van der Waals surface area contributed by atoms with Crippen molar-refractivity contribution in [1.82, 2.24) is 0 Å². The molecule has 0 unspecified atom stereocenters. The van der Waals surface area contributed by atoms with Crippen LogP contribution < -0.4 is 0 Å². The Morgan fingerprint density at radius 1 is 1.33 bits per heavy atom. The first-order valence-corrected chi connectivity index (χ1v) is 7.42. The molecule has 98 valence electrons. The molecule has 0 amide bonds. The maximum Gasteiger partial charge on any atom is 0.335 e. The third kappa shape index (κ3) is 1.82. The predicted molar refractivity (Wildman–Crippen MR) is 67.8 cm³/mol. The number of hydrogen-bond donors (Lipinski definition) is 1. The minimum atomic E-state index is -3.27. The zero-order chi connectivity index (χ0) is 13.7. The highest BCUT2D eigenvalue weighted by Crippen LogP contribution is 2.41. The van der Waals surface area contributed by atoms with Crippen LogP contribution in [0.2, 0.25) is 0 Å². The van der Waals surface area contributed by atoms with E-state index in [0.29, 0.717) is 22.4 Å². The van der Waals surface area contributed by atoms with Gasteiger partial charge < -0.3 is 5.11 Å². The third-order valence-electron chi connectivity index (χ3n) is 3.66. The second kappa shape index (κ2) is 3.82. The van der Waals surface area contributed by atoms with Crippen LogP contribution in [-0.2, 0) is 15.3 Å². The van der Waals surface area contributed by atoms with Crippen molar-refractivity contribution >= 4 is 15.8 Å². The van der Waals surface area contributed by atoms with Crippen LogP contribution in [0.4, 0.5) is 0 Å². The lowest BCUT2D eigenvalue weighted by molar-refractivity contribution is 0.0695. The van der Waals surface area contributed by atoms with Gasteiger partial charge in [0.2, 0.25) is 0 Å². The Hall–Kier alpha value is -1.36. The minimum Gasteiger partial charge on any atom is -0.478 e. The van der Waals surface area contributed by atoms with E-state index in [9.17, 15) is 13.2 Å². The second-order valence-corrected chi connectivity index (χ2v) is 7.45. The highest BCUT2D eigenvalue weighted by molar-refractivity contribution is 7.91. The fraction of sp³-hybridized carbons (Fsp3) is 0.462. The predicted octanol–water partition coefficient (Wildman–Crippen LogP) is 2.15. The lowest BCUT2D eigenvalue weighted by Gasteiger charge is -2.34. The third-order valence-corrected chi connectivity index (χ3v) is 5.42. The monoisotopic (exact) mass is 268 g/mol. The van der Waals surface area contributed by atoms with Gasteiger partial charge in [-0.25, -0.2) is 13.2 Å². The summed E-state index contributed by atoms with van der Waals surface area (Å²) in [6.45, 7) is 5.60. The molecular weight excluding hydrogens is 252 g/mol. The quantitative estimate of drug-likeness (QED) is 0.847. The van der Waals surface area contributed by atoms with E-state index in [1.165, 1.54) is 12.1 Å². The van der Waals surface area contributed by atoms with E-state index in [-0.39, 0.29) is 16.7 Å². The fourth-order valence-corrected chi connectivity index (χ4v) is 4.66. The Balaban J connectivity index is 2.85. The van der Waals surface area contributed by atoms with Crippen molar-refractivity contribution < 1.29 is 18.3 Å². The molecule has 1 aromatic rings. The summed E-state index contributed by atoms with van der Waals surface area (Å²) >= 11 is 0. The second-order valence-electron chi connectivity index (χ2n) is 5.37. The Morgan fingerprint density at radius 3 is 2.50 bits per heavy atom. The van der Waals surface area contributed by atoms with E-state index < -0.39 is 15.8 Å². The number of hydrogen-bond acceptors (Lipinski definition) is 3. The van der Waals surface area contributed by atoms with Gasteiger partial charge in [-0.05, 0) is 42.0 Å². The van der Waals surface area contributed by atoms with Gasteiger partial charge in [0, 0.05) is 0 Å². The Kier molecular flexibility index (Phi) is 2.77. The summed E-state index contributed by atoms with van der Waals surface area (Å²) in [5.74, 6) is -0.896. The summed E-state index contributed by atoms with van der Waals surface area (Å²) in [6, 6.07) is 2.82. The topological polar surface area (TPSA) is 71.4 Å². The molecule has 0 radical (unpaired) electrons. The number of carboxylic acid groups (broad SMARTS) is 1. The maximum atomic E-state index is 12.0. The number of benzene rings is 1. The first-order chi connectivity index (χ1) is 8.17. The van der Waals surface area contributed by atoms with Gasteiger partial charge in [0.1, 0.15) is 0 Å². The zero-order valence-electron chi connectivity index (χ0n) is 10.6. The molecule has 1 N–H and O–H groups in total. The summed E-state index contributed by atoms with van der Waals surface area (Å²) in [5, 5.41) is 9.12. The van der Waals surface area contributed by atoms with E-state index >= 15 is 0 Å². The standard InChI is InChI=1S/C13H16O4S/c1-8-9(12(14)15)4-5-10-11(8)13(2,3)6-7-18(10,16)17/h4-5H,6-7H2,1-3H3,(H,14,15). The highest BCUT2D eigenvalue weighted by Gasteiger charge is 2.37. The van der Waals surface area contributed by atoms with Gasteiger partial charge in [-0.1, -0.05) is 13.8 Å². The zero-order valence-corrected chi connectivity index (χ0v) is 11.5. The molecule has 1 aliphatic heterocycles. The Labute approximate surface area is 107 Å². The van der Waals surface area contributed by atoms with Gasteiger partial charge in [0.25, 0.3) is 0 Å². The molecule has 0 aliphatic carbocycles. The lowest BCUT2D eigenvalue weighted by Crippen LogP contribution is -2.32. The number of carboxylic acids is 1. The Bertz CT molecular complexity index is 627. The van der Waals surface area contributed by atoms with Crippen molar-refractivity contribution in [3.05, 3.63) is 28.8 Å². The number of sulfone groups is 1. The van der Waals surface area contributed by atoms with Crippen LogP contribution in [0, 0.1) is 6.92 Å². The van der Waals surface area contributed by atoms with E-state index in [1.807, 2.05) is 13.8 Å². The van der Waals surface area contributed by atoms with Crippen LogP contribution in [-0.4, -0.2) is 25.2 Å². The van der Waals surface area contributed by atoms with Crippen LogP contribution in [0.1, 0.15) is 41.8 Å². The molecule has 0 saturated heterocycles. The molecular formula is C13H16O4S. The van der Waals surface area contributed by atoms with Crippen LogP contribution in [0.15, 0.2) is 17.0 Å². The normalized spacial score (nSPS) is 20.2. The van der Waals surface area contributed by atoms with Crippen molar-refractivity contribution in [3.63, 3.8) is 0 Å². The smallest absolute Gasteiger partial charge is 0.335 e. The molecule has 5 heteroatoms. The molecule has 4 nitrogen and oxygen atoms in total. The van der Waals surface area contributed by atoms with E-state index in [1.54, 1.807) is 6.92 Å². The summed E-state index contributed by atoms with van der Waals surface area (Å²) in [4.78, 5) is 11.4. The summed E-state index contributed by atoms with van der Waals surface area (Å²) in [5.41, 5.74) is 1.09. The molecule has 2 rings (SSSR count). The Morgan fingerprint density at radius 2 is 1.94 bits per heavy atom. The molecule has 1 aliphatic rings. The van der Waals surface area contributed by atoms with Gasteiger partial charge in [-0.2, -0.15) is 0 Å². The maximum absolute atomic E-state index is 12.0. The lowest BCUT2D eigenvalue weighted by atomic mass is 9.78. The van der Waals surface area contributed by atoms with Crippen molar-refractivity contribution in [3.8, 4) is 0 Å². The summed E-state index contributed by atoms with van der Waals surface area (Å²) < 4.78 is 24.1. The SMILES string of the molecule is Cc1c(C(=O)O)ccc2c1C(C)(C)CCS2(=O)=O. The van der Waals surface area contributed by atoms with Gasteiger partial charge in [-0.15, -0.1) is 0 Å². The number of carbonyl (C=O) groups is 1. The number of fused-ring (bicyclic) bond motifs is 1. The molecule has 0 bridgehead atoms. The van der Waals surface area contributed by atoms with Crippen LogP contribution in [0.25, 0.3) is 0 Å². The first kappa shape index (κ1) is 13.1. The van der Waals surface area contributed by atoms with Crippen molar-refractivity contribution in [2.45, 2.75) is 37.5 Å². The minimum absolute atomic E-state index is 0.124. The number of rotatable bonds is 1. The highest BCUT2D eigenvalue weighted by atomic mass is 32.2. The van der Waals surface area contributed by atoms with E-state index in [0.717, 1.165) is 0 Å². The fourth-order valence-electron chi connectivity index (χ4n) is 2.64. The van der Waals surface area contributed by atoms with E-state index in [2.05, 4.69) is 0 Å².